The van der Waals surface area contributed by atoms with Crippen LogP contribution in [-0.4, -0.2) is 15.0 Å². The molecular weight excluding hydrogens is 169 g/mol. The molecule has 1 rings (SSSR count). The largest absolute Gasteiger partial charge is 0.234 e. The van der Waals surface area contributed by atoms with Gasteiger partial charge in [0.2, 0.25) is 5.95 Å². The molecule has 0 fully saturated rings. The predicted molar refractivity (Wildman–Crippen MR) is 48.8 cm³/mol. The van der Waals surface area contributed by atoms with Crippen LogP contribution < -0.4 is 0 Å². The monoisotopic (exact) mass is 185 g/mol. The van der Waals surface area contributed by atoms with Crippen molar-refractivity contribution in [1.29, 1.82) is 0 Å². The van der Waals surface area contributed by atoms with Crippen LogP contribution >= 0.6 is 0 Å². The predicted octanol–water partition coefficient (Wildman–Crippen LogP) is 2.03. The molecule has 1 aromatic heterocycles. The van der Waals surface area contributed by atoms with Gasteiger partial charge in [-0.25, -0.2) is 4.68 Å². The summed E-state index contributed by atoms with van der Waals surface area (Å²) >= 11 is 0. The highest BCUT2D eigenvalue weighted by Gasteiger charge is 2.12. The first-order chi connectivity index (χ1) is 6.15. The van der Waals surface area contributed by atoms with E-state index < -0.39 is 0 Å². The average Bonchev–Trinajstić information content (AvgIpc) is 2.36. The van der Waals surface area contributed by atoms with Crippen LogP contribution in [0.15, 0.2) is 0 Å². The number of aromatic nitrogens is 3. The lowest BCUT2D eigenvalue weighted by atomic mass is 10.1. The van der Waals surface area contributed by atoms with Crippen LogP contribution in [0.3, 0.4) is 0 Å². The summed E-state index contributed by atoms with van der Waals surface area (Å²) in [6.07, 6.45) is 1.54. The van der Waals surface area contributed by atoms with Gasteiger partial charge in [0.25, 0.3) is 0 Å². The highest BCUT2D eigenvalue weighted by atomic mass is 19.1. The van der Waals surface area contributed by atoms with Crippen LogP contribution in [0.4, 0.5) is 4.39 Å². The van der Waals surface area contributed by atoms with Gasteiger partial charge >= 0.3 is 0 Å². The summed E-state index contributed by atoms with van der Waals surface area (Å²) in [5, 5.41) is 7.56. The maximum atomic E-state index is 13.4. The molecule has 0 saturated carbocycles. The van der Waals surface area contributed by atoms with Crippen molar-refractivity contribution < 1.29 is 4.39 Å². The third-order valence-electron chi connectivity index (χ3n) is 1.78. The fourth-order valence-corrected chi connectivity index (χ4v) is 1.20. The first-order valence-electron chi connectivity index (χ1n) is 4.73. The standard InChI is InChI=1S/C9H16FN3/c1-4-5-13-9(10)8(11-12-13)6-7(2)3/h7H,4-6H2,1-3H3. The van der Waals surface area contributed by atoms with Crippen LogP contribution in [-0.2, 0) is 13.0 Å². The highest BCUT2D eigenvalue weighted by Crippen LogP contribution is 2.09. The molecule has 0 aliphatic carbocycles. The maximum absolute atomic E-state index is 13.4. The third-order valence-corrected chi connectivity index (χ3v) is 1.78. The van der Waals surface area contributed by atoms with Gasteiger partial charge in [-0.15, -0.1) is 5.10 Å². The second-order valence-corrected chi connectivity index (χ2v) is 3.65. The molecule has 0 aromatic carbocycles. The van der Waals surface area contributed by atoms with Gasteiger partial charge in [0.05, 0.1) is 0 Å². The zero-order chi connectivity index (χ0) is 9.84. The van der Waals surface area contributed by atoms with Gasteiger partial charge in [0, 0.05) is 6.54 Å². The van der Waals surface area contributed by atoms with E-state index in [1.54, 1.807) is 0 Å². The first-order valence-corrected chi connectivity index (χ1v) is 4.73. The minimum atomic E-state index is -0.268. The van der Waals surface area contributed by atoms with Gasteiger partial charge in [-0.3, -0.25) is 0 Å². The molecule has 0 aliphatic heterocycles. The molecule has 0 aliphatic rings. The van der Waals surface area contributed by atoms with Crippen molar-refractivity contribution in [2.45, 2.75) is 40.2 Å². The molecule has 0 radical (unpaired) electrons. The van der Waals surface area contributed by atoms with E-state index >= 15 is 0 Å². The van der Waals surface area contributed by atoms with Crippen molar-refractivity contribution >= 4 is 0 Å². The number of halogens is 1. The zero-order valence-corrected chi connectivity index (χ0v) is 8.42. The van der Waals surface area contributed by atoms with E-state index in [-0.39, 0.29) is 5.95 Å². The molecule has 0 amide bonds. The normalized spacial score (nSPS) is 11.2. The molecule has 13 heavy (non-hydrogen) atoms. The average molecular weight is 185 g/mol. The summed E-state index contributed by atoms with van der Waals surface area (Å²) < 4.78 is 14.7. The van der Waals surface area contributed by atoms with Crippen molar-refractivity contribution in [3.8, 4) is 0 Å². The van der Waals surface area contributed by atoms with E-state index in [2.05, 4.69) is 10.3 Å². The Morgan fingerprint density at radius 2 is 2.15 bits per heavy atom. The molecule has 0 atom stereocenters. The summed E-state index contributed by atoms with van der Waals surface area (Å²) in [7, 11) is 0. The van der Waals surface area contributed by atoms with Crippen molar-refractivity contribution in [1.82, 2.24) is 15.0 Å². The van der Waals surface area contributed by atoms with E-state index in [0.29, 0.717) is 24.6 Å². The van der Waals surface area contributed by atoms with E-state index in [4.69, 9.17) is 0 Å². The maximum Gasteiger partial charge on any atom is 0.234 e. The summed E-state index contributed by atoms with van der Waals surface area (Å²) in [5.41, 5.74) is 0.489. The summed E-state index contributed by atoms with van der Waals surface area (Å²) in [6, 6.07) is 0. The minimum Gasteiger partial charge on any atom is -0.219 e. The second-order valence-electron chi connectivity index (χ2n) is 3.65. The Kier molecular flexibility index (Phi) is 3.39. The Morgan fingerprint density at radius 1 is 1.46 bits per heavy atom. The summed E-state index contributed by atoms with van der Waals surface area (Å²) in [6.45, 7) is 6.68. The van der Waals surface area contributed by atoms with Crippen LogP contribution in [0.25, 0.3) is 0 Å². The molecule has 0 bridgehead atoms. The molecule has 1 heterocycles. The number of hydrogen-bond acceptors (Lipinski definition) is 2. The van der Waals surface area contributed by atoms with Crippen LogP contribution in [0.5, 0.6) is 0 Å². The van der Waals surface area contributed by atoms with E-state index in [1.807, 2.05) is 20.8 Å². The molecule has 0 N–H and O–H groups in total. The van der Waals surface area contributed by atoms with Crippen molar-refractivity contribution in [3.63, 3.8) is 0 Å². The number of hydrogen-bond donors (Lipinski definition) is 0. The molecule has 3 nitrogen and oxygen atoms in total. The Labute approximate surface area is 77.9 Å². The van der Waals surface area contributed by atoms with Gasteiger partial charge in [0.1, 0.15) is 5.69 Å². The molecule has 4 heteroatoms. The molecule has 74 valence electrons. The quantitative estimate of drug-likeness (QED) is 0.718. The Morgan fingerprint density at radius 3 is 2.69 bits per heavy atom. The number of aryl methyl sites for hydroxylation is 1. The Balaban J connectivity index is 2.74. The molecule has 0 unspecified atom stereocenters. The Hall–Kier alpha value is -0.930. The van der Waals surface area contributed by atoms with Crippen molar-refractivity contribution in [2.75, 3.05) is 0 Å². The fraction of sp³-hybridized carbons (Fsp3) is 0.778. The molecule has 1 aromatic rings. The lowest BCUT2D eigenvalue weighted by molar-refractivity contribution is 0.441. The second kappa shape index (κ2) is 4.35. The van der Waals surface area contributed by atoms with Gasteiger partial charge in [0.15, 0.2) is 0 Å². The van der Waals surface area contributed by atoms with Gasteiger partial charge in [-0.1, -0.05) is 26.0 Å². The molecule has 0 spiro atoms. The fourth-order valence-electron chi connectivity index (χ4n) is 1.20. The van der Waals surface area contributed by atoms with E-state index in [1.165, 1.54) is 4.68 Å². The van der Waals surface area contributed by atoms with Gasteiger partial charge < -0.3 is 0 Å². The summed E-state index contributed by atoms with van der Waals surface area (Å²) in [4.78, 5) is 0. The van der Waals surface area contributed by atoms with E-state index in [0.717, 1.165) is 6.42 Å². The number of rotatable bonds is 4. The highest BCUT2D eigenvalue weighted by molar-refractivity contribution is 4.96. The van der Waals surface area contributed by atoms with Gasteiger partial charge in [-0.05, 0) is 18.8 Å². The van der Waals surface area contributed by atoms with Crippen LogP contribution in [0.2, 0.25) is 0 Å². The van der Waals surface area contributed by atoms with Crippen LogP contribution in [0, 0.1) is 11.9 Å². The Bertz CT molecular complexity index is 268. The SMILES string of the molecule is CCCn1nnc(CC(C)C)c1F. The smallest absolute Gasteiger partial charge is 0.219 e. The van der Waals surface area contributed by atoms with E-state index in [9.17, 15) is 4.39 Å². The lowest BCUT2D eigenvalue weighted by Gasteiger charge is -2.00. The zero-order valence-electron chi connectivity index (χ0n) is 8.42. The van der Waals surface area contributed by atoms with Crippen molar-refractivity contribution in [2.24, 2.45) is 5.92 Å². The number of nitrogens with zero attached hydrogens (tertiary/aromatic N) is 3. The van der Waals surface area contributed by atoms with Crippen LogP contribution in [0.1, 0.15) is 32.9 Å². The topological polar surface area (TPSA) is 30.7 Å². The van der Waals surface area contributed by atoms with Gasteiger partial charge in [-0.2, -0.15) is 4.39 Å². The summed E-state index contributed by atoms with van der Waals surface area (Å²) in [5.74, 6) is 0.150. The lowest BCUT2D eigenvalue weighted by Crippen LogP contribution is -2.03. The third kappa shape index (κ3) is 2.50. The molecule has 0 saturated heterocycles. The minimum absolute atomic E-state index is 0.268. The molecular formula is C9H16FN3. The first kappa shape index (κ1) is 10.2. The van der Waals surface area contributed by atoms with Crippen molar-refractivity contribution in [3.05, 3.63) is 11.6 Å².